The van der Waals surface area contributed by atoms with Crippen molar-refractivity contribution in [2.24, 2.45) is 11.8 Å². The number of hydrogen-bond donors (Lipinski definition) is 11. The molecule has 0 rings (SSSR count). The summed E-state index contributed by atoms with van der Waals surface area (Å²) in [6.45, 7) is 30.7. The lowest BCUT2D eigenvalue weighted by Crippen LogP contribution is -2.47. The third-order valence-corrected chi connectivity index (χ3v) is 18.0. The highest BCUT2D eigenvalue weighted by atomic mass is 16.5. The number of nitrogens with one attached hydrogen (secondary N) is 2. The molecule has 0 unspecified atom stereocenters. The van der Waals surface area contributed by atoms with Crippen molar-refractivity contribution in [3.63, 3.8) is 0 Å². The summed E-state index contributed by atoms with van der Waals surface area (Å²) in [5.74, 6) is -2.02. The number of carbonyl (C=O) groups excluding carboxylic acids is 3. The van der Waals surface area contributed by atoms with Gasteiger partial charge in [-0.1, -0.05) is 168 Å². The molecule has 0 saturated heterocycles. The Morgan fingerprint density at radius 2 is 0.647 bits per heavy atom. The normalized spacial score (nSPS) is 11.3. The van der Waals surface area contributed by atoms with Crippen LogP contribution in [0.2, 0.25) is 40.9 Å². The zero-order valence-corrected chi connectivity index (χ0v) is 67.8. The van der Waals surface area contributed by atoms with Gasteiger partial charge in [0.25, 0.3) is 17.9 Å². The fraction of sp³-hybridized carbons (Fsp3) is 0.917. The number of nitrogens with zero attached hydrogens (tertiary/aromatic N) is 6. The predicted molar refractivity (Wildman–Crippen MR) is 427 cm³/mol. The summed E-state index contributed by atoms with van der Waals surface area (Å²) in [5, 5.41) is 90.0. The molecule has 1 atom stereocenters. The van der Waals surface area contributed by atoms with Crippen LogP contribution in [0.1, 0.15) is 280 Å². The molecule has 0 fully saturated rings. The Balaban J connectivity index is -0.000000552. The number of hydrogen-bond acceptors (Lipinski definition) is 19. The van der Waals surface area contributed by atoms with Gasteiger partial charge in [0.15, 0.2) is 0 Å². The first-order valence-corrected chi connectivity index (χ1v) is 39.9. The molecule has 30 heteroatoms. The summed E-state index contributed by atoms with van der Waals surface area (Å²) >= 11 is 0. The van der Waals surface area contributed by atoms with Crippen molar-refractivity contribution in [3.05, 3.63) is 0 Å². The lowest BCUT2D eigenvalue weighted by Gasteiger charge is -2.33. The van der Waals surface area contributed by atoms with Crippen molar-refractivity contribution in [2.75, 3.05) is 99.2 Å². The fourth-order valence-corrected chi connectivity index (χ4v) is 11.6. The third-order valence-electron chi connectivity index (χ3n) is 18.0. The number of carboxylic acid groups (broad SMARTS) is 3. The van der Waals surface area contributed by atoms with Crippen LogP contribution in [-0.4, -0.2) is 252 Å². The van der Waals surface area contributed by atoms with Crippen molar-refractivity contribution in [3.8, 4) is 0 Å². The maximum atomic E-state index is 11.9. The standard InChI is InChI=1S/C33H79B6N7O7.C33H65NO3.3C2H4O2/c1-32(47)40-21-13-11-10-12-20-33(30-45(38(6)52)26-16-14-24-43(36(4)50)28-18-22-41(8)34(2)48)31-46(39(7)53)27-17-15-25-44(37(5)51)29-19-23-42(9)35(3)49;1-4-5-6-7-8-9-10-11-12-13-14-15-16-17-18-19-20-21-22-23-24-25-29-34-33(36)28-26-27-31(2)30-37-32(3)35;3*1-2(3)4/h33,48-53H,10-31H2,1-9H3,(H,40,47);31H,4-30H2,1-3H3,(H,34,36);3*1H3,(H,3,4)/t;31-;;;/m.0.../s1. The summed E-state index contributed by atoms with van der Waals surface area (Å²) < 4.78 is 5.00. The summed E-state index contributed by atoms with van der Waals surface area (Å²) in [6, 6.07) is 0. The Labute approximate surface area is 625 Å². The average molecular weight is 1450 g/mol. The van der Waals surface area contributed by atoms with E-state index in [-0.39, 0.29) is 23.7 Å². The minimum Gasteiger partial charge on any atom is -0.481 e. The van der Waals surface area contributed by atoms with Crippen LogP contribution in [0.15, 0.2) is 0 Å². The van der Waals surface area contributed by atoms with E-state index in [1.54, 1.807) is 34.2 Å². The SMILES string of the molecule is CB(O)N(C)CCCN(CCCCN(CC(CCCCCCNC(C)=O)CN(CCCCN(CCCN(C)B(C)O)B(C)O)B(C)O)B(C)O)B(C)O.CC(=O)O.CC(=O)O.CC(=O)O.CCCCCCCCCCCCCCCCCCCCCCCCNC(=O)CCC[C@H](C)COC(C)=O. The molecule has 11 N–H and O–H groups in total. The Morgan fingerprint density at radius 3 is 0.941 bits per heavy atom. The number of carbonyl (C=O) groups is 6. The molecular formula is C72H156B6N8O16. The quantitative estimate of drug-likeness (QED) is 0.0153. The first-order chi connectivity index (χ1) is 48.2. The van der Waals surface area contributed by atoms with E-state index in [9.17, 15) is 44.5 Å². The number of aliphatic carboxylic acids is 3. The first-order valence-electron chi connectivity index (χ1n) is 39.9. The molecular weight excluding hydrogens is 1300 g/mol. The highest BCUT2D eigenvalue weighted by Crippen LogP contribution is 2.19. The molecule has 0 aromatic carbocycles. The molecule has 0 radical (unpaired) electrons. The van der Waals surface area contributed by atoms with Crippen molar-refractivity contribution >= 4 is 78.0 Å². The number of esters is 1. The van der Waals surface area contributed by atoms with Crippen LogP contribution in [0.4, 0.5) is 0 Å². The van der Waals surface area contributed by atoms with Gasteiger partial charge in [-0.05, 0) is 203 Å². The van der Waals surface area contributed by atoms with Gasteiger partial charge in [-0.3, -0.25) is 28.8 Å². The Morgan fingerprint density at radius 1 is 0.363 bits per heavy atom. The third kappa shape index (κ3) is 87.4. The summed E-state index contributed by atoms with van der Waals surface area (Å²) in [6.07, 6.45) is 43.4. The second-order valence-electron chi connectivity index (χ2n) is 28.6. The van der Waals surface area contributed by atoms with E-state index in [1.807, 2.05) is 37.4 Å². The van der Waals surface area contributed by atoms with Gasteiger partial charge in [0.1, 0.15) is 0 Å². The van der Waals surface area contributed by atoms with Crippen LogP contribution in [0.3, 0.4) is 0 Å². The van der Waals surface area contributed by atoms with Gasteiger partial charge in [0, 0.05) is 54.1 Å². The smallest absolute Gasteiger partial charge is 0.376 e. The maximum absolute atomic E-state index is 11.9. The number of unbranched alkanes of at least 4 members (excludes halogenated alkanes) is 26. The number of ether oxygens (including phenoxy) is 1. The van der Waals surface area contributed by atoms with E-state index in [0.29, 0.717) is 25.5 Å². The summed E-state index contributed by atoms with van der Waals surface area (Å²) in [5.41, 5.74) is 0. The van der Waals surface area contributed by atoms with Gasteiger partial charge in [0.2, 0.25) is 11.8 Å². The molecule has 0 aliphatic heterocycles. The molecule has 24 nitrogen and oxygen atoms in total. The summed E-state index contributed by atoms with van der Waals surface area (Å²) in [7, 11) is 0.479. The van der Waals surface area contributed by atoms with Crippen molar-refractivity contribution in [1.29, 1.82) is 0 Å². The molecule has 2 amide bonds. The molecule has 0 saturated carbocycles. The maximum Gasteiger partial charge on any atom is 0.376 e. The molecule has 0 aromatic rings. The second-order valence-corrected chi connectivity index (χ2v) is 28.6. The van der Waals surface area contributed by atoms with Crippen LogP contribution in [0, 0.1) is 11.8 Å². The Kier molecular flexibility index (Phi) is 81.4. The number of carboxylic acids is 3. The first kappa shape index (κ1) is 107. The number of amides is 2. The van der Waals surface area contributed by atoms with Crippen molar-refractivity contribution < 1.29 is 79.0 Å². The lowest BCUT2D eigenvalue weighted by molar-refractivity contribution is -0.142. The number of rotatable bonds is 64. The van der Waals surface area contributed by atoms with E-state index in [1.165, 1.54) is 142 Å². The van der Waals surface area contributed by atoms with Crippen molar-refractivity contribution in [2.45, 2.75) is 321 Å². The fourth-order valence-electron chi connectivity index (χ4n) is 11.6. The van der Waals surface area contributed by atoms with E-state index in [4.69, 9.17) is 34.4 Å². The lowest BCUT2D eigenvalue weighted by atomic mass is 9.80. The van der Waals surface area contributed by atoms with E-state index in [0.717, 1.165) is 183 Å². The van der Waals surface area contributed by atoms with E-state index < -0.39 is 60.2 Å². The summed E-state index contributed by atoms with van der Waals surface area (Å²) in [4.78, 5) is 73.1. The Bertz CT molecular complexity index is 1830. The van der Waals surface area contributed by atoms with Crippen LogP contribution >= 0.6 is 0 Å². The molecule has 0 heterocycles. The highest BCUT2D eigenvalue weighted by Gasteiger charge is 2.26. The van der Waals surface area contributed by atoms with Crippen molar-refractivity contribution in [1.82, 2.24) is 39.5 Å². The van der Waals surface area contributed by atoms with E-state index >= 15 is 0 Å². The molecule has 0 bridgehead atoms. The predicted octanol–water partition coefficient (Wildman–Crippen LogP) is 11.1. The molecule has 0 spiro atoms. The second kappa shape index (κ2) is 77.3. The molecule has 0 aromatic heterocycles. The van der Waals surface area contributed by atoms with Crippen LogP contribution in [0.25, 0.3) is 0 Å². The molecule has 102 heavy (non-hydrogen) atoms. The van der Waals surface area contributed by atoms with Crippen LogP contribution in [0.5, 0.6) is 0 Å². The average Bonchev–Trinajstić information content (AvgIpc) is 0.952. The van der Waals surface area contributed by atoms with E-state index in [2.05, 4.69) is 43.7 Å². The minimum atomic E-state index is -0.833. The Hall–Kier alpha value is -3.27. The van der Waals surface area contributed by atoms with Gasteiger partial charge in [-0.25, -0.2) is 0 Å². The van der Waals surface area contributed by atoms with Gasteiger partial charge in [0.05, 0.1) is 6.61 Å². The molecule has 0 aliphatic rings. The largest absolute Gasteiger partial charge is 0.481 e. The monoisotopic (exact) mass is 1460 g/mol. The van der Waals surface area contributed by atoms with Gasteiger partial charge < -0.3 is 89.7 Å². The van der Waals surface area contributed by atoms with Gasteiger partial charge >= 0.3 is 48.3 Å². The van der Waals surface area contributed by atoms with Gasteiger partial charge in [-0.2, -0.15) is 0 Å². The highest BCUT2D eigenvalue weighted by molar-refractivity contribution is 6.46. The van der Waals surface area contributed by atoms with Crippen LogP contribution < -0.4 is 10.6 Å². The zero-order chi connectivity index (χ0) is 78.3. The minimum absolute atomic E-state index is 0.000234. The molecule has 0 aliphatic carbocycles. The van der Waals surface area contributed by atoms with Crippen LogP contribution in [-0.2, 0) is 33.5 Å². The zero-order valence-electron chi connectivity index (χ0n) is 67.8. The topological polar surface area (TPSA) is 337 Å². The molecule has 598 valence electrons. The van der Waals surface area contributed by atoms with Gasteiger partial charge in [-0.15, -0.1) is 0 Å².